The van der Waals surface area contributed by atoms with Crippen molar-refractivity contribution in [1.82, 2.24) is 0 Å². The van der Waals surface area contributed by atoms with Crippen molar-refractivity contribution in [2.75, 3.05) is 4.90 Å². The highest BCUT2D eigenvalue weighted by Crippen LogP contribution is 2.49. The molecule has 3 heteroatoms. The van der Waals surface area contributed by atoms with Crippen LogP contribution in [0.5, 0.6) is 11.5 Å². The van der Waals surface area contributed by atoms with Gasteiger partial charge in [-0.25, -0.2) is 0 Å². The van der Waals surface area contributed by atoms with Crippen LogP contribution in [0.1, 0.15) is 67.5 Å². The summed E-state index contributed by atoms with van der Waals surface area (Å²) in [5.41, 5.74) is 15.0. The lowest BCUT2D eigenvalue weighted by Crippen LogP contribution is -2.15. The van der Waals surface area contributed by atoms with Gasteiger partial charge >= 0.3 is 0 Å². The van der Waals surface area contributed by atoms with Crippen molar-refractivity contribution in [1.29, 1.82) is 0 Å². The molecule has 0 atom stereocenters. The molecule has 0 spiro atoms. The monoisotopic (exact) mass is 605 g/mol. The molecule has 0 amide bonds. The minimum atomic E-state index is -0.0321. The van der Waals surface area contributed by atoms with Crippen LogP contribution >= 0.6 is 0 Å². The van der Waals surface area contributed by atoms with Gasteiger partial charge in [-0.3, -0.25) is 0 Å². The van der Waals surface area contributed by atoms with E-state index in [1.54, 1.807) is 6.92 Å². The van der Waals surface area contributed by atoms with Gasteiger partial charge in [0, 0.05) is 33.6 Å². The van der Waals surface area contributed by atoms with Crippen LogP contribution < -0.4 is 4.90 Å². The first-order valence-corrected chi connectivity index (χ1v) is 16.1. The molecule has 5 aromatic carbocycles. The second kappa shape index (κ2) is 12.1. The summed E-state index contributed by atoms with van der Waals surface area (Å²) in [6.45, 7) is 14.6. The molecule has 0 unspecified atom stereocenters. The number of nitrogens with zero attached hydrogens (tertiary/aromatic N) is 1. The fourth-order valence-corrected chi connectivity index (χ4v) is 7.01. The number of phenols is 2. The van der Waals surface area contributed by atoms with E-state index in [-0.39, 0.29) is 16.9 Å². The van der Waals surface area contributed by atoms with Crippen LogP contribution in [0.25, 0.3) is 27.8 Å². The lowest BCUT2D eigenvalue weighted by atomic mass is 9.81. The average molecular weight is 606 g/mol. The SMILES string of the molecule is CC/C(=C\C=C(/C)N(c1ccccc1)c1ccc(-c2c(C)c(C)c(O)c(C)c2O)cc1)c1ccc2c(c1)C(C)(C)c1ccccc1-2. The van der Waals surface area contributed by atoms with Crippen LogP contribution in [0.2, 0.25) is 0 Å². The maximum Gasteiger partial charge on any atom is 0.130 e. The van der Waals surface area contributed by atoms with Crippen LogP contribution in [0.4, 0.5) is 11.4 Å². The van der Waals surface area contributed by atoms with E-state index in [0.717, 1.165) is 45.7 Å². The van der Waals surface area contributed by atoms with Gasteiger partial charge in [-0.2, -0.15) is 0 Å². The lowest BCUT2D eigenvalue weighted by Gasteiger charge is -2.26. The fourth-order valence-electron chi connectivity index (χ4n) is 7.01. The van der Waals surface area contributed by atoms with E-state index >= 15 is 0 Å². The molecule has 0 fully saturated rings. The Morgan fingerprint density at radius 2 is 1.30 bits per heavy atom. The third kappa shape index (κ3) is 5.20. The minimum Gasteiger partial charge on any atom is -0.507 e. The first-order valence-electron chi connectivity index (χ1n) is 16.1. The summed E-state index contributed by atoms with van der Waals surface area (Å²) in [7, 11) is 0. The van der Waals surface area contributed by atoms with E-state index in [1.165, 1.54) is 33.4 Å². The van der Waals surface area contributed by atoms with Crippen molar-refractivity contribution in [3.05, 3.63) is 148 Å². The van der Waals surface area contributed by atoms with Crippen molar-refractivity contribution >= 4 is 16.9 Å². The number of benzene rings is 5. The number of allylic oxidation sites excluding steroid dienone is 4. The van der Waals surface area contributed by atoms with E-state index in [4.69, 9.17) is 0 Å². The Labute approximate surface area is 273 Å². The van der Waals surface area contributed by atoms with Gasteiger partial charge in [0.25, 0.3) is 0 Å². The summed E-state index contributed by atoms with van der Waals surface area (Å²) in [6, 6.07) is 34.4. The van der Waals surface area contributed by atoms with E-state index in [0.29, 0.717) is 5.56 Å². The molecule has 0 bridgehead atoms. The van der Waals surface area contributed by atoms with Gasteiger partial charge in [0.2, 0.25) is 0 Å². The molecule has 46 heavy (non-hydrogen) atoms. The Morgan fingerprint density at radius 1 is 0.674 bits per heavy atom. The van der Waals surface area contributed by atoms with Crippen molar-refractivity contribution in [2.45, 2.75) is 60.3 Å². The molecule has 0 aliphatic heterocycles. The molecule has 3 nitrogen and oxygen atoms in total. The third-order valence-corrected chi connectivity index (χ3v) is 9.88. The lowest BCUT2D eigenvalue weighted by molar-refractivity contribution is 0.441. The van der Waals surface area contributed by atoms with E-state index in [9.17, 15) is 10.2 Å². The molecule has 0 saturated carbocycles. The minimum absolute atomic E-state index is 0.0321. The summed E-state index contributed by atoms with van der Waals surface area (Å²) < 4.78 is 0. The first-order chi connectivity index (χ1) is 22.0. The zero-order valence-electron chi connectivity index (χ0n) is 27.9. The maximum atomic E-state index is 11.0. The largest absolute Gasteiger partial charge is 0.507 e. The maximum absolute atomic E-state index is 11.0. The Balaban J connectivity index is 1.37. The van der Waals surface area contributed by atoms with Crippen molar-refractivity contribution in [3.8, 4) is 33.8 Å². The van der Waals surface area contributed by atoms with Gasteiger partial charge < -0.3 is 15.1 Å². The summed E-state index contributed by atoms with van der Waals surface area (Å²) >= 11 is 0. The average Bonchev–Trinajstić information content (AvgIpc) is 3.30. The zero-order chi connectivity index (χ0) is 32.7. The normalized spacial score (nSPS) is 13.8. The Morgan fingerprint density at radius 3 is 2.00 bits per heavy atom. The van der Waals surface area contributed by atoms with E-state index in [1.807, 2.05) is 32.0 Å². The number of fused-ring (bicyclic) bond motifs is 3. The molecular weight excluding hydrogens is 562 g/mol. The van der Waals surface area contributed by atoms with Crippen molar-refractivity contribution in [3.63, 3.8) is 0 Å². The molecule has 1 aliphatic rings. The van der Waals surface area contributed by atoms with Crippen LogP contribution in [0, 0.1) is 20.8 Å². The van der Waals surface area contributed by atoms with Crippen LogP contribution in [0.15, 0.2) is 115 Å². The fraction of sp³-hybridized carbons (Fsp3) is 0.209. The molecule has 0 heterocycles. The van der Waals surface area contributed by atoms with E-state index < -0.39 is 0 Å². The van der Waals surface area contributed by atoms with Crippen LogP contribution in [-0.4, -0.2) is 10.2 Å². The van der Waals surface area contributed by atoms with E-state index in [2.05, 4.69) is 124 Å². The number of aromatic hydroxyl groups is 2. The summed E-state index contributed by atoms with van der Waals surface area (Å²) in [5, 5.41) is 21.4. The van der Waals surface area contributed by atoms with Gasteiger partial charge in [-0.15, -0.1) is 0 Å². The third-order valence-electron chi connectivity index (χ3n) is 9.88. The quantitative estimate of drug-likeness (QED) is 0.181. The second-order valence-electron chi connectivity index (χ2n) is 12.9. The van der Waals surface area contributed by atoms with Gasteiger partial charge in [-0.05, 0) is 121 Å². The molecule has 0 saturated heterocycles. The summed E-state index contributed by atoms with van der Waals surface area (Å²) in [4.78, 5) is 2.26. The van der Waals surface area contributed by atoms with Crippen LogP contribution in [0.3, 0.4) is 0 Å². The predicted octanol–water partition coefficient (Wildman–Crippen LogP) is 11.5. The Hall–Kier alpha value is -5.02. The van der Waals surface area contributed by atoms with Gasteiger partial charge in [-0.1, -0.05) is 93.6 Å². The predicted molar refractivity (Wildman–Crippen MR) is 194 cm³/mol. The summed E-state index contributed by atoms with van der Waals surface area (Å²) in [6.07, 6.45) is 5.40. The molecular formula is C43H43NO2. The van der Waals surface area contributed by atoms with Gasteiger partial charge in [0.1, 0.15) is 11.5 Å². The highest BCUT2D eigenvalue weighted by Gasteiger charge is 2.35. The second-order valence-corrected chi connectivity index (χ2v) is 12.9. The molecule has 1 aliphatic carbocycles. The van der Waals surface area contributed by atoms with Crippen molar-refractivity contribution in [2.24, 2.45) is 0 Å². The number of para-hydroxylation sites is 1. The first kappa shape index (κ1) is 31.0. The zero-order valence-corrected chi connectivity index (χ0v) is 27.9. The number of rotatable bonds is 7. The molecule has 0 aromatic heterocycles. The Kier molecular flexibility index (Phi) is 8.12. The molecule has 5 aromatic rings. The molecule has 0 radical (unpaired) electrons. The van der Waals surface area contributed by atoms with Crippen molar-refractivity contribution < 1.29 is 10.2 Å². The number of anilines is 2. The molecule has 6 rings (SSSR count). The number of hydrogen-bond acceptors (Lipinski definition) is 3. The Bertz CT molecular complexity index is 1970. The highest BCUT2D eigenvalue weighted by atomic mass is 16.3. The topological polar surface area (TPSA) is 43.7 Å². The van der Waals surface area contributed by atoms with Crippen LogP contribution in [-0.2, 0) is 5.41 Å². The smallest absolute Gasteiger partial charge is 0.130 e. The molecule has 2 N–H and O–H groups in total. The van der Waals surface area contributed by atoms with Gasteiger partial charge in [0.05, 0.1) is 0 Å². The molecule has 232 valence electrons. The standard InChI is InChI=1S/C43H43NO2/c1-8-31(33-22-25-37-36-16-12-13-17-38(36)43(6,7)39(37)26-33)19-18-27(2)44(34-14-10-9-11-15-34)35-23-20-32(21-24-35)40-28(3)29(4)41(45)30(5)42(40)46/h9-26,45-46H,8H2,1-7H3/b27-18+,31-19+. The summed E-state index contributed by atoms with van der Waals surface area (Å²) in [5.74, 6) is 0.278. The van der Waals surface area contributed by atoms with Gasteiger partial charge in [0.15, 0.2) is 0 Å². The highest BCUT2D eigenvalue weighted by molar-refractivity contribution is 5.84. The number of hydrogen-bond donors (Lipinski definition) is 2. The number of phenolic OH excluding ortho intramolecular Hbond substituents is 2.